The zero-order valence-electron chi connectivity index (χ0n) is 42.2. The number of hydrogen-bond donors (Lipinski definition) is 2. The van der Waals surface area contributed by atoms with Gasteiger partial charge in [-0.05, 0) is 77.9 Å². The number of benzene rings is 2. The molecule has 0 radical (unpaired) electrons. The number of nitrogens with zero attached hydrogens (tertiary/aromatic N) is 2. The fourth-order valence-electron chi connectivity index (χ4n) is 7.50. The first-order valence-electron chi connectivity index (χ1n) is 26.0. The Hall–Kier alpha value is -3.50. The van der Waals surface area contributed by atoms with Crippen LogP contribution in [0, 0.1) is 0 Å². The second kappa shape index (κ2) is 36.7. The molecular weight excluding hydrogens is 801 g/mol. The Morgan fingerprint density at radius 3 is 1.03 bits per heavy atom. The van der Waals surface area contributed by atoms with Crippen LogP contribution in [0.4, 0.5) is 11.4 Å². The summed E-state index contributed by atoms with van der Waals surface area (Å²) in [7, 11) is 3.89. The van der Waals surface area contributed by atoms with Crippen molar-refractivity contribution in [2.24, 2.45) is 0 Å². The number of rotatable bonds is 41. The first kappa shape index (κ1) is 56.6. The molecule has 2 aromatic rings. The van der Waals surface area contributed by atoms with Gasteiger partial charge in [0.2, 0.25) is 11.8 Å². The number of amides is 2. The maximum Gasteiger partial charge on any atom is 0.241 e. The van der Waals surface area contributed by atoms with Gasteiger partial charge < -0.3 is 29.6 Å². The number of hydrogen-bond acceptors (Lipinski definition) is 8. The highest BCUT2D eigenvalue weighted by molar-refractivity contribution is 5.96. The fourth-order valence-corrected chi connectivity index (χ4v) is 7.50. The van der Waals surface area contributed by atoms with Gasteiger partial charge in [0.25, 0.3) is 0 Å². The van der Waals surface area contributed by atoms with Crippen molar-refractivity contribution in [2.45, 2.75) is 208 Å². The molecule has 0 aliphatic carbocycles. The Labute approximate surface area is 391 Å². The standard InChI is InChI=1S/C54H94N4O6/c1-9-13-17-21-25-29-39-61-47-33-35-51(63-41-31-27-23-19-15-11-3)49(43-47)55-53(59)45(5)57(7)37-38-58(8)46(6)54(60)56-50-44-48(62-40-30-26-22-18-14-10-2)34-36-52(50)64-42-32-28-24-20-16-12-4/h33-36,43-46H,9-32,37-42H2,1-8H3,(H,55,59)(H,56,60)/t45-,46-/m0/s1. The molecule has 0 aliphatic heterocycles. The van der Waals surface area contributed by atoms with Gasteiger partial charge in [-0.1, -0.05) is 156 Å². The van der Waals surface area contributed by atoms with Gasteiger partial charge in [0.05, 0.1) is 49.9 Å². The van der Waals surface area contributed by atoms with Gasteiger partial charge in [0, 0.05) is 25.2 Å². The van der Waals surface area contributed by atoms with Crippen LogP contribution in [0.5, 0.6) is 23.0 Å². The van der Waals surface area contributed by atoms with E-state index >= 15 is 0 Å². The summed E-state index contributed by atoms with van der Waals surface area (Å²) in [5.74, 6) is 2.54. The third kappa shape index (κ3) is 25.3. The Kier molecular flexibility index (Phi) is 32.5. The fraction of sp³-hybridized carbons (Fsp3) is 0.741. The molecule has 366 valence electrons. The van der Waals surface area contributed by atoms with Crippen molar-refractivity contribution >= 4 is 23.2 Å². The van der Waals surface area contributed by atoms with E-state index in [2.05, 4.69) is 38.3 Å². The maximum atomic E-state index is 13.8. The van der Waals surface area contributed by atoms with Crippen molar-refractivity contribution in [1.29, 1.82) is 0 Å². The van der Waals surface area contributed by atoms with Crippen molar-refractivity contribution in [3.63, 3.8) is 0 Å². The highest BCUT2D eigenvalue weighted by atomic mass is 16.5. The number of anilines is 2. The second-order valence-corrected chi connectivity index (χ2v) is 18.1. The molecule has 0 unspecified atom stereocenters. The van der Waals surface area contributed by atoms with Crippen molar-refractivity contribution in [2.75, 3.05) is 64.2 Å². The summed E-state index contributed by atoms with van der Waals surface area (Å²) in [5.41, 5.74) is 1.26. The number of ether oxygens (including phenoxy) is 4. The number of unbranched alkanes of at least 4 members (excludes halogenated alkanes) is 20. The summed E-state index contributed by atoms with van der Waals surface area (Å²) >= 11 is 0. The van der Waals surface area contributed by atoms with Crippen molar-refractivity contribution in [1.82, 2.24) is 9.80 Å². The molecule has 2 rings (SSSR count). The molecule has 2 atom stereocenters. The summed E-state index contributed by atoms with van der Waals surface area (Å²) in [6, 6.07) is 10.7. The average Bonchev–Trinajstić information content (AvgIpc) is 3.29. The molecule has 0 aliphatic rings. The van der Waals surface area contributed by atoms with Gasteiger partial charge in [0.1, 0.15) is 23.0 Å². The van der Waals surface area contributed by atoms with E-state index in [-0.39, 0.29) is 11.8 Å². The lowest BCUT2D eigenvalue weighted by molar-refractivity contribution is -0.122. The normalized spacial score (nSPS) is 12.3. The second-order valence-electron chi connectivity index (χ2n) is 18.1. The topological polar surface area (TPSA) is 102 Å². The quantitative estimate of drug-likeness (QED) is 0.0637. The van der Waals surface area contributed by atoms with E-state index in [1.807, 2.05) is 74.1 Å². The van der Waals surface area contributed by atoms with Crippen molar-refractivity contribution in [3.8, 4) is 23.0 Å². The summed E-state index contributed by atoms with van der Waals surface area (Å²) in [6.07, 6.45) is 28.6. The zero-order valence-corrected chi connectivity index (χ0v) is 42.2. The predicted octanol–water partition coefficient (Wildman–Crippen LogP) is 13.9. The molecule has 0 aromatic heterocycles. The number of carbonyl (C=O) groups is 2. The smallest absolute Gasteiger partial charge is 0.241 e. The molecule has 0 bridgehead atoms. The molecule has 2 amide bonds. The Morgan fingerprint density at radius 1 is 0.438 bits per heavy atom. The van der Waals surface area contributed by atoms with Gasteiger partial charge in [-0.15, -0.1) is 0 Å². The number of nitrogens with one attached hydrogen (secondary N) is 2. The van der Waals surface area contributed by atoms with Gasteiger partial charge in [-0.2, -0.15) is 0 Å². The van der Waals surface area contributed by atoms with Crippen LogP contribution in [0.3, 0.4) is 0 Å². The predicted molar refractivity (Wildman–Crippen MR) is 270 cm³/mol. The maximum absolute atomic E-state index is 13.8. The Balaban J connectivity index is 2.01. The third-order valence-electron chi connectivity index (χ3n) is 12.3. The molecule has 2 aromatic carbocycles. The van der Waals surface area contributed by atoms with Crippen LogP contribution >= 0.6 is 0 Å². The molecule has 0 fully saturated rings. The minimum absolute atomic E-state index is 0.125. The van der Waals surface area contributed by atoms with Crippen LogP contribution < -0.4 is 29.6 Å². The lowest BCUT2D eigenvalue weighted by atomic mass is 10.1. The van der Waals surface area contributed by atoms with E-state index in [1.54, 1.807) is 0 Å². The van der Waals surface area contributed by atoms with E-state index in [0.29, 0.717) is 62.4 Å². The van der Waals surface area contributed by atoms with E-state index in [1.165, 1.54) is 103 Å². The highest BCUT2D eigenvalue weighted by Crippen LogP contribution is 2.32. The van der Waals surface area contributed by atoms with Crippen LogP contribution in [0.25, 0.3) is 0 Å². The van der Waals surface area contributed by atoms with E-state index in [9.17, 15) is 9.59 Å². The van der Waals surface area contributed by atoms with Crippen LogP contribution in [0.15, 0.2) is 36.4 Å². The largest absolute Gasteiger partial charge is 0.494 e. The Morgan fingerprint density at radius 2 is 0.719 bits per heavy atom. The molecular formula is C54H94N4O6. The minimum atomic E-state index is -0.429. The number of likely N-dealkylation sites (N-methyl/N-ethyl adjacent to an activating group) is 2. The lowest BCUT2D eigenvalue weighted by Gasteiger charge is -2.29. The molecule has 2 N–H and O–H groups in total. The molecule has 0 saturated carbocycles. The Bertz CT molecular complexity index is 1380. The van der Waals surface area contributed by atoms with Gasteiger partial charge in [-0.3, -0.25) is 19.4 Å². The summed E-state index contributed by atoms with van der Waals surface area (Å²) in [5, 5.41) is 6.32. The summed E-state index contributed by atoms with van der Waals surface area (Å²) in [6.45, 7) is 16.4. The van der Waals surface area contributed by atoms with Gasteiger partial charge in [0.15, 0.2) is 0 Å². The SMILES string of the molecule is CCCCCCCCOc1ccc(OCCCCCCCC)c(NC(=O)[C@H](C)N(C)CCN(C)[C@@H](C)C(=O)Nc2cc(OCCCCCCCC)ccc2OCCCCCCCC)c1. The molecule has 64 heavy (non-hydrogen) atoms. The first-order valence-corrected chi connectivity index (χ1v) is 26.0. The van der Waals surface area contributed by atoms with E-state index < -0.39 is 12.1 Å². The van der Waals surface area contributed by atoms with E-state index in [0.717, 1.165) is 62.9 Å². The van der Waals surface area contributed by atoms with Crippen LogP contribution in [-0.4, -0.2) is 87.3 Å². The summed E-state index contributed by atoms with van der Waals surface area (Å²) < 4.78 is 24.7. The average molecular weight is 895 g/mol. The summed E-state index contributed by atoms with van der Waals surface area (Å²) in [4.78, 5) is 31.6. The van der Waals surface area contributed by atoms with Gasteiger partial charge >= 0.3 is 0 Å². The van der Waals surface area contributed by atoms with Gasteiger partial charge in [-0.25, -0.2) is 0 Å². The van der Waals surface area contributed by atoms with Crippen LogP contribution in [0.2, 0.25) is 0 Å². The van der Waals surface area contributed by atoms with Crippen LogP contribution in [-0.2, 0) is 9.59 Å². The van der Waals surface area contributed by atoms with Crippen molar-refractivity contribution < 1.29 is 28.5 Å². The number of carbonyl (C=O) groups excluding carboxylic acids is 2. The lowest BCUT2D eigenvalue weighted by Crippen LogP contribution is -2.46. The molecule has 0 saturated heterocycles. The molecule has 0 heterocycles. The highest BCUT2D eigenvalue weighted by Gasteiger charge is 2.24. The molecule has 10 nitrogen and oxygen atoms in total. The van der Waals surface area contributed by atoms with E-state index in [4.69, 9.17) is 18.9 Å². The van der Waals surface area contributed by atoms with Crippen LogP contribution in [0.1, 0.15) is 196 Å². The molecule has 10 heteroatoms. The monoisotopic (exact) mass is 895 g/mol. The zero-order chi connectivity index (χ0) is 46.6. The van der Waals surface area contributed by atoms with Crippen molar-refractivity contribution in [3.05, 3.63) is 36.4 Å². The first-order chi connectivity index (χ1) is 31.1. The third-order valence-corrected chi connectivity index (χ3v) is 12.3. The minimum Gasteiger partial charge on any atom is -0.494 e. The molecule has 0 spiro atoms.